The van der Waals surface area contributed by atoms with Crippen molar-refractivity contribution in [2.75, 3.05) is 0 Å². The Hall–Kier alpha value is -2.45. The number of hydrogen-bond donors (Lipinski definition) is 0. The van der Waals surface area contributed by atoms with Crippen LogP contribution in [0.1, 0.15) is 10.6 Å². The zero-order valence-corrected chi connectivity index (χ0v) is 12.2. The Balaban J connectivity index is 1.69. The molecule has 0 aliphatic heterocycles. The van der Waals surface area contributed by atoms with E-state index >= 15 is 0 Å². The van der Waals surface area contributed by atoms with E-state index in [0.717, 1.165) is 11.2 Å². The summed E-state index contributed by atoms with van der Waals surface area (Å²) in [6.45, 7) is 0. The molecule has 1 nitrogen and oxygen atoms in total. The molecule has 100 valence electrons. The molecule has 0 unspecified atom stereocenters. The third kappa shape index (κ3) is 2.46. The highest BCUT2D eigenvalue weighted by Gasteiger charge is 1.98. The van der Waals surface area contributed by atoms with Crippen LogP contribution in [0, 0.1) is 0 Å². The lowest BCUT2D eigenvalue weighted by Gasteiger charge is -1.97. The highest BCUT2D eigenvalue weighted by molar-refractivity contribution is 7.19. The van der Waals surface area contributed by atoms with Gasteiger partial charge in [0, 0.05) is 15.0 Å². The number of hydrogen-bond acceptors (Lipinski definition) is 2. The molecule has 0 spiro atoms. The lowest BCUT2D eigenvalue weighted by Crippen LogP contribution is -1.81. The second kappa shape index (κ2) is 5.15. The lowest BCUT2D eigenvalue weighted by molar-refractivity contribution is 1.37. The van der Waals surface area contributed by atoms with Crippen molar-refractivity contribution in [3.8, 4) is 0 Å². The fourth-order valence-electron chi connectivity index (χ4n) is 2.43. The lowest BCUT2D eigenvalue weighted by atomic mass is 10.2. The monoisotopic (exact) mass is 287 g/mol. The first kappa shape index (κ1) is 12.3. The maximum Gasteiger partial charge on any atom is 0.0709 e. The van der Waals surface area contributed by atoms with Crippen molar-refractivity contribution in [3.63, 3.8) is 0 Å². The molecular formula is C19H13NS. The minimum Gasteiger partial charge on any atom is -0.248 e. The van der Waals surface area contributed by atoms with Gasteiger partial charge in [-0.2, -0.15) is 0 Å². The molecule has 2 aromatic heterocycles. The van der Waals surface area contributed by atoms with Gasteiger partial charge in [-0.25, -0.2) is 4.98 Å². The molecule has 0 aliphatic carbocycles. The summed E-state index contributed by atoms with van der Waals surface area (Å²) in [5.74, 6) is 0. The van der Waals surface area contributed by atoms with Gasteiger partial charge in [-0.3, -0.25) is 0 Å². The molecule has 2 heteroatoms. The van der Waals surface area contributed by atoms with Gasteiger partial charge in [-0.15, -0.1) is 11.3 Å². The molecule has 0 saturated heterocycles. The van der Waals surface area contributed by atoms with Crippen molar-refractivity contribution in [2.45, 2.75) is 0 Å². The number of fused-ring (bicyclic) bond motifs is 2. The normalized spacial score (nSPS) is 11.6. The molecule has 0 aliphatic rings. The van der Waals surface area contributed by atoms with Crippen molar-refractivity contribution in [2.24, 2.45) is 0 Å². The number of nitrogens with zero attached hydrogens (tertiary/aromatic N) is 1. The summed E-state index contributed by atoms with van der Waals surface area (Å²) >= 11 is 1.81. The third-order valence-corrected chi connectivity index (χ3v) is 4.56. The van der Waals surface area contributed by atoms with E-state index < -0.39 is 0 Å². The van der Waals surface area contributed by atoms with Crippen LogP contribution in [0.2, 0.25) is 0 Å². The molecule has 2 heterocycles. The Morgan fingerprint density at radius 3 is 2.48 bits per heavy atom. The maximum absolute atomic E-state index is 4.66. The van der Waals surface area contributed by atoms with E-state index in [1.165, 1.54) is 20.3 Å². The molecule has 0 amide bonds. The van der Waals surface area contributed by atoms with E-state index in [1.54, 1.807) is 11.3 Å². The number of pyridine rings is 1. The van der Waals surface area contributed by atoms with Gasteiger partial charge in [0.2, 0.25) is 0 Å². The minimum atomic E-state index is 0.992. The zero-order valence-electron chi connectivity index (χ0n) is 11.4. The van der Waals surface area contributed by atoms with E-state index in [4.69, 9.17) is 0 Å². The zero-order chi connectivity index (χ0) is 14.1. The third-order valence-electron chi connectivity index (χ3n) is 3.48. The number of rotatable bonds is 2. The Bertz CT molecular complexity index is 917. The molecule has 21 heavy (non-hydrogen) atoms. The van der Waals surface area contributed by atoms with Crippen LogP contribution < -0.4 is 0 Å². The molecule has 0 radical (unpaired) electrons. The quantitative estimate of drug-likeness (QED) is 0.466. The highest BCUT2D eigenvalue weighted by atomic mass is 32.1. The smallest absolute Gasteiger partial charge is 0.0709 e. The van der Waals surface area contributed by atoms with Gasteiger partial charge in [-0.05, 0) is 41.8 Å². The molecular weight excluding hydrogens is 274 g/mol. The largest absolute Gasteiger partial charge is 0.248 e. The molecule has 4 aromatic rings. The molecule has 0 saturated carbocycles. The number of para-hydroxylation sites is 1. The average molecular weight is 287 g/mol. The molecule has 0 bridgehead atoms. The van der Waals surface area contributed by atoms with Crippen LogP contribution in [0.5, 0.6) is 0 Å². The summed E-state index contributed by atoms with van der Waals surface area (Å²) in [6.07, 6.45) is 4.22. The van der Waals surface area contributed by atoms with Crippen molar-refractivity contribution in [3.05, 3.63) is 77.3 Å². The Morgan fingerprint density at radius 1 is 0.762 bits per heavy atom. The first-order valence-corrected chi connectivity index (χ1v) is 7.73. The van der Waals surface area contributed by atoms with Crippen LogP contribution in [-0.2, 0) is 0 Å². The fraction of sp³-hybridized carbons (Fsp3) is 0. The number of benzene rings is 2. The Labute approximate surface area is 127 Å². The molecule has 0 fully saturated rings. The van der Waals surface area contributed by atoms with E-state index in [2.05, 4.69) is 65.7 Å². The summed E-state index contributed by atoms with van der Waals surface area (Å²) in [5, 5.41) is 2.48. The summed E-state index contributed by atoms with van der Waals surface area (Å²) in [4.78, 5) is 5.92. The summed E-state index contributed by atoms with van der Waals surface area (Å²) < 4.78 is 1.32. The summed E-state index contributed by atoms with van der Waals surface area (Å²) in [5.41, 5.74) is 2.03. The van der Waals surface area contributed by atoms with Gasteiger partial charge in [0.25, 0.3) is 0 Å². The minimum absolute atomic E-state index is 0.992. The highest BCUT2D eigenvalue weighted by Crippen LogP contribution is 2.26. The van der Waals surface area contributed by atoms with Gasteiger partial charge in [0.05, 0.1) is 11.2 Å². The second-order valence-electron chi connectivity index (χ2n) is 4.95. The van der Waals surface area contributed by atoms with Crippen LogP contribution in [0.3, 0.4) is 0 Å². The van der Waals surface area contributed by atoms with Gasteiger partial charge in [0.1, 0.15) is 0 Å². The van der Waals surface area contributed by atoms with Crippen molar-refractivity contribution >= 4 is 44.5 Å². The van der Waals surface area contributed by atoms with E-state index in [-0.39, 0.29) is 0 Å². The van der Waals surface area contributed by atoms with Crippen LogP contribution in [-0.4, -0.2) is 4.98 Å². The summed E-state index contributed by atoms with van der Waals surface area (Å²) in [6, 6.07) is 23.1. The fourth-order valence-corrected chi connectivity index (χ4v) is 3.39. The predicted molar refractivity (Wildman–Crippen MR) is 92.5 cm³/mol. The van der Waals surface area contributed by atoms with Crippen molar-refractivity contribution in [1.29, 1.82) is 0 Å². The van der Waals surface area contributed by atoms with Gasteiger partial charge < -0.3 is 0 Å². The molecule has 4 rings (SSSR count). The van der Waals surface area contributed by atoms with Crippen LogP contribution in [0.4, 0.5) is 0 Å². The SMILES string of the molecule is C(=Cc1cc2ccccc2s1)c1ccc2ccccc2n1. The van der Waals surface area contributed by atoms with Gasteiger partial charge in [0.15, 0.2) is 0 Å². The van der Waals surface area contributed by atoms with E-state index in [0.29, 0.717) is 0 Å². The first-order valence-electron chi connectivity index (χ1n) is 6.91. The second-order valence-corrected chi connectivity index (χ2v) is 6.06. The predicted octanol–water partition coefficient (Wildman–Crippen LogP) is 5.62. The van der Waals surface area contributed by atoms with E-state index in [1.807, 2.05) is 18.2 Å². The van der Waals surface area contributed by atoms with Crippen LogP contribution >= 0.6 is 11.3 Å². The van der Waals surface area contributed by atoms with Gasteiger partial charge in [-0.1, -0.05) is 42.5 Å². The standard InChI is InChI=1S/C19H13NS/c1-3-7-18-14(5-1)9-10-16(20-18)11-12-17-13-15-6-2-4-8-19(15)21-17/h1-13H. The van der Waals surface area contributed by atoms with Crippen molar-refractivity contribution < 1.29 is 0 Å². The molecule has 0 N–H and O–H groups in total. The van der Waals surface area contributed by atoms with Crippen LogP contribution in [0.25, 0.3) is 33.1 Å². The van der Waals surface area contributed by atoms with Crippen molar-refractivity contribution in [1.82, 2.24) is 4.98 Å². The maximum atomic E-state index is 4.66. The summed E-state index contributed by atoms with van der Waals surface area (Å²) in [7, 11) is 0. The van der Waals surface area contributed by atoms with Gasteiger partial charge >= 0.3 is 0 Å². The average Bonchev–Trinajstić information content (AvgIpc) is 2.95. The van der Waals surface area contributed by atoms with Crippen LogP contribution in [0.15, 0.2) is 66.7 Å². The number of aromatic nitrogens is 1. The Morgan fingerprint density at radius 2 is 1.57 bits per heavy atom. The van der Waals surface area contributed by atoms with E-state index in [9.17, 15) is 0 Å². The number of thiophene rings is 1. The molecule has 0 atom stereocenters. The topological polar surface area (TPSA) is 12.9 Å². The molecule has 2 aromatic carbocycles. The first-order chi connectivity index (χ1) is 10.4. The Kier molecular flexibility index (Phi) is 3.02.